The molecule has 2 rings (SSSR count). The summed E-state index contributed by atoms with van der Waals surface area (Å²) in [4.78, 5) is 22.7. The highest BCUT2D eigenvalue weighted by molar-refractivity contribution is 6.05. The third-order valence-electron chi connectivity index (χ3n) is 3.39. The average Bonchev–Trinajstić information content (AvgIpc) is 2.43. The Labute approximate surface area is 107 Å². The molecule has 0 saturated carbocycles. The first kappa shape index (κ1) is 12.6. The summed E-state index contributed by atoms with van der Waals surface area (Å²) in [5, 5.41) is 3.31. The fourth-order valence-corrected chi connectivity index (χ4v) is 2.80. The van der Waals surface area contributed by atoms with E-state index in [1.807, 2.05) is 12.2 Å². The van der Waals surface area contributed by atoms with Crippen LogP contribution in [0.1, 0.15) is 27.2 Å². The monoisotopic (exact) mass is 246 g/mol. The molecule has 4 heteroatoms. The number of carbonyl (C=O) groups excluding carboxylic acids is 2. The summed E-state index contributed by atoms with van der Waals surface area (Å²) >= 11 is 0. The van der Waals surface area contributed by atoms with Crippen LogP contribution in [0, 0.1) is 5.41 Å². The van der Waals surface area contributed by atoms with E-state index in [-0.39, 0.29) is 11.3 Å². The van der Waals surface area contributed by atoms with Crippen molar-refractivity contribution in [1.29, 1.82) is 0 Å². The van der Waals surface area contributed by atoms with E-state index >= 15 is 0 Å². The van der Waals surface area contributed by atoms with Crippen molar-refractivity contribution in [3.05, 3.63) is 35.6 Å². The molecule has 3 N–H and O–H groups in total. The van der Waals surface area contributed by atoms with E-state index in [0.717, 1.165) is 12.1 Å². The lowest BCUT2D eigenvalue weighted by Gasteiger charge is -2.26. The first-order valence-electron chi connectivity index (χ1n) is 5.97. The van der Waals surface area contributed by atoms with Gasteiger partial charge < -0.3 is 11.1 Å². The Morgan fingerprint density at radius 1 is 1.50 bits per heavy atom. The minimum absolute atomic E-state index is 0.0174. The maximum Gasteiger partial charge on any atom is 0.243 e. The summed E-state index contributed by atoms with van der Waals surface area (Å²) in [5.74, 6) is -0.463. The van der Waals surface area contributed by atoms with Gasteiger partial charge >= 0.3 is 0 Å². The van der Waals surface area contributed by atoms with Gasteiger partial charge in [0.25, 0.3) is 0 Å². The number of rotatable bonds is 1. The molecule has 1 aliphatic carbocycles. The van der Waals surface area contributed by atoms with Gasteiger partial charge in [0.2, 0.25) is 5.91 Å². The molecule has 1 amide bonds. The third kappa shape index (κ3) is 2.10. The van der Waals surface area contributed by atoms with Gasteiger partial charge in [0, 0.05) is 22.7 Å². The fraction of sp³-hybridized carbons (Fsp3) is 0.429. The van der Waals surface area contributed by atoms with Crippen LogP contribution in [0.3, 0.4) is 0 Å². The van der Waals surface area contributed by atoms with Crippen LogP contribution in [0.15, 0.2) is 35.6 Å². The standard InChI is InChI=1S/C14H18N2O2/c1-9-7-14(5-4-10(9)17)8-13(2,3)16-11(14)6-12(15)18/h4-7,16H,8H2,1-3H3,(H2,15,18). The molecule has 0 aromatic heterocycles. The SMILES string of the molecule is CC1=CC2(C=CC1=O)CC(C)(C)NC2=CC(N)=O. The Morgan fingerprint density at radius 2 is 2.17 bits per heavy atom. The average molecular weight is 246 g/mol. The normalized spacial score (nSPS) is 31.6. The first-order valence-corrected chi connectivity index (χ1v) is 5.97. The predicted octanol–water partition coefficient (Wildman–Crippen LogP) is 1.20. The van der Waals surface area contributed by atoms with Gasteiger partial charge in [-0.3, -0.25) is 9.59 Å². The smallest absolute Gasteiger partial charge is 0.243 e. The highest BCUT2D eigenvalue weighted by Gasteiger charge is 2.45. The van der Waals surface area contributed by atoms with Gasteiger partial charge in [-0.15, -0.1) is 0 Å². The zero-order valence-electron chi connectivity index (χ0n) is 10.9. The molecular formula is C14H18N2O2. The molecule has 1 aliphatic heterocycles. The van der Waals surface area contributed by atoms with Gasteiger partial charge in [0.05, 0.1) is 0 Å². The molecule has 1 saturated heterocycles. The summed E-state index contributed by atoms with van der Waals surface area (Å²) in [6.07, 6.45) is 7.57. The van der Waals surface area contributed by atoms with Gasteiger partial charge in [0.1, 0.15) is 0 Å². The van der Waals surface area contributed by atoms with E-state index in [1.54, 1.807) is 13.0 Å². The quantitative estimate of drug-likeness (QED) is 0.683. The van der Waals surface area contributed by atoms with Crippen LogP contribution < -0.4 is 11.1 Å². The van der Waals surface area contributed by atoms with E-state index in [9.17, 15) is 9.59 Å². The third-order valence-corrected chi connectivity index (χ3v) is 3.39. The lowest BCUT2D eigenvalue weighted by atomic mass is 9.75. The van der Waals surface area contributed by atoms with E-state index < -0.39 is 11.3 Å². The Hall–Kier alpha value is -1.84. The molecule has 1 unspecified atom stereocenters. The Morgan fingerprint density at radius 3 is 2.72 bits per heavy atom. The predicted molar refractivity (Wildman–Crippen MR) is 69.4 cm³/mol. The van der Waals surface area contributed by atoms with E-state index in [4.69, 9.17) is 5.73 Å². The number of nitrogens with one attached hydrogen (secondary N) is 1. The van der Waals surface area contributed by atoms with Crippen molar-refractivity contribution < 1.29 is 9.59 Å². The summed E-state index contributed by atoms with van der Waals surface area (Å²) < 4.78 is 0. The zero-order chi connectivity index (χ0) is 13.6. The Kier molecular flexibility index (Phi) is 2.69. The summed E-state index contributed by atoms with van der Waals surface area (Å²) in [7, 11) is 0. The van der Waals surface area contributed by atoms with Gasteiger partial charge in [-0.25, -0.2) is 0 Å². The van der Waals surface area contributed by atoms with Crippen molar-refractivity contribution in [2.45, 2.75) is 32.7 Å². The Bertz CT molecular complexity index is 512. The summed E-state index contributed by atoms with van der Waals surface area (Å²) in [6.45, 7) is 5.91. The molecule has 18 heavy (non-hydrogen) atoms. The van der Waals surface area contributed by atoms with Crippen LogP contribution in [0.25, 0.3) is 0 Å². The minimum atomic E-state index is -0.481. The number of primary amides is 1. The molecule has 0 bridgehead atoms. The van der Waals surface area contributed by atoms with Crippen molar-refractivity contribution in [2.24, 2.45) is 11.1 Å². The van der Waals surface area contributed by atoms with Gasteiger partial charge in [-0.2, -0.15) is 0 Å². The van der Waals surface area contributed by atoms with E-state index in [1.165, 1.54) is 6.08 Å². The number of allylic oxidation sites excluding steroid dienone is 3. The molecule has 96 valence electrons. The first-order chi connectivity index (χ1) is 8.24. The maximum atomic E-state index is 11.5. The molecule has 4 nitrogen and oxygen atoms in total. The van der Waals surface area contributed by atoms with Crippen LogP contribution >= 0.6 is 0 Å². The second kappa shape index (κ2) is 3.83. The van der Waals surface area contributed by atoms with Crippen LogP contribution in [0.4, 0.5) is 0 Å². The molecule has 1 spiro atoms. The van der Waals surface area contributed by atoms with Crippen molar-refractivity contribution in [3.8, 4) is 0 Å². The summed E-state index contributed by atoms with van der Waals surface area (Å²) in [6, 6.07) is 0. The van der Waals surface area contributed by atoms with Crippen molar-refractivity contribution >= 4 is 11.7 Å². The highest BCUT2D eigenvalue weighted by atomic mass is 16.1. The molecule has 1 heterocycles. The number of carbonyl (C=O) groups is 2. The molecular weight excluding hydrogens is 228 g/mol. The number of ketones is 1. The second-order valence-corrected chi connectivity index (χ2v) is 5.71. The van der Waals surface area contributed by atoms with Crippen LogP contribution in [0.5, 0.6) is 0 Å². The molecule has 0 radical (unpaired) electrons. The van der Waals surface area contributed by atoms with Crippen LogP contribution in [0.2, 0.25) is 0 Å². The molecule has 2 aliphatic rings. The van der Waals surface area contributed by atoms with Crippen molar-refractivity contribution in [2.75, 3.05) is 0 Å². The molecule has 0 aromatic carbocycles. The van der Waals surface area contributed by atoms with Gasteiger partial charge in [-0.1, -0.05) is 12.2 Å². The van der Waals surface area contributed by atoms with Gasteiger partial charge in [0.15, 0.2) is 5.78 Å². The molecule has 1 atom stereocenters. The number of hydrogen-bond acceptors (Lipinski definition) is 3. The maximum absolute atomic E-state index is 11.5. The number of amides is 1. The molecule has 1 fully saturated rings. The van der Waals surface area contributed by atoms with Crippen LogP contribution in [-0.2, 0) is 9.59 Å². The second-order valence-electron chi connectivity index (χ2n) is 5.71. The minimum Gasteiger partial charge on any atom is -0.382 e. The fourth-order valence-electron chi connectivity index (χ4n) is 2.80. The lowest BCUT2D eigenvalue weighted by Crippen LogP contribution is -2.31. The number of nitrogens with two attached hydrogens (primary N) is 1. The van der Waals surface area contributed by atoms with Crippen LogP contribution in [-0.4, -0.2) is 17.2 Å². The topological polar surface area (TPSA) is 72.2 Å². The number of hydrogen-bond donors (Lipinski definition) is 2. The largest absolute Gasteiger partial charge is 0.382 e. The molecule has 0 aromatic rings. The van der Waals surface area contributed by atoms with E-state index in [2.05, 4.69) is 19.2 Å². The van der Waals surface area contributed by atoms with Crippen molar-refractivity contribution in [3.63, 3.8) is 0 Å². The summed E-state index contributed by atoms with van der Waals surface area (Å²) in [5.41, 5.74) is 6.17. The zero-order valence-corrected chi connectivity index (χ0v) is 10.9. The lowest BCUT2D eigenvalue weighted by molar-refractivity contribution is -0.113. The van der Waals surface area contributed by atoms with Crippen molar-refractivity contribution in [1.82, 2.24) is 5.32 Å². The van der Waals surface area contributed by atoms with E-state index in [0.29, 0.717) is 5.57 Å². The Balaban J connectivity index is 2.51. The highest BCUT2D eigenvalue weighted by Crippen LogP contribution is 2.46. The van der Waals surface area contributed by atoms with Gasteiger partial charge in [-0.05, 0) is 38.8 Å².